The second kappa shape index (κ2) is 5.79. The number of ether oxygens (including phenoxy) is 1. The van der Waals surface area contributed by atoms with Crippen LogP contribution in [0.15, 0.2) is 6.33 Å². The topological polar surface area (TPSA) is 107 Å². The number of nitrogens with zero attached hydrogens (tertiary/aromatic N) is 4. The van der Waals surface area contributed by atoms with Gasteiger partial charge in [0.1, 0.15) is 6.33 Å². The van der Waals surface area contributed by atoms with Crippen LogP contribution in [0, 0.1) is 10.1 Å². The lowest BCUT2D eigenvalue weighted by atomic mass is 10.1. The second-order valence-corrected chi connectivity index (χ2v) is 4.58. The zero-order chi connectivity index (χ0) is 13.8. The van der Waals surface area contributed by atoms with Crippen molar-refractivity contribution in [2.45, 2.75) is 25.3 Å². The highest BCUT2D eigenvalue weighted by molar-refractivity contribution is 5.57. The monoisotopic (exact) mass is 267 g/mol. The van der Waals surface area contributed by atoms with E-state index in [0.29, 0.717) is 12.6 Å². The van der Waals surface area contributed by atoms with E-state index < -0.39 is 4.92 Å². The van der Waals surface area contributed by atoms with E-state index in [9.17, 15) is 10.1 Å². The van der Waals surface area contributed by atoms with E-state index in [0.717, 1.165) is 19.4 Å². The summed E-state index contributed by atoms with van der Waals surface area (Å²) in [6.45, 7) is 1.47. The van der Waals surface area contributed by atoms with Crippen LogP contribution in [0.3, 0.4) is 0 Å². The number of anilines is 1. The molecule has 1 saturated heterocycles. The summed E-state index contributed by atoms with van der Waals surface area (Å²) in [5.41, 5.74) is 5.10. The van der Waals surface area contributed by atoms with Crippen LogP contribution in [0.5, 0.6) is 5.88 Å². The summed E-state index contributed by atoms with van der Waals surface area (Å²) in [6.07, 6.45) is 4.30. The molecule has 8 heteroatoms. The summed E-state index contributed by atoms with van der Waals surface area (Å²) in [6, 6.07) is 0.471. The first kappa shape index (κ1) is 13.5. The van der Waals surface area contributed by atoms with Gasteiger partial charge in [0.2, 0.25) is 5.82 Å². The van der Waals surface area contributed by atoms with Gasteiger partial charge in [0.25, 0.3) is 5.88 Å². The van der Waals surface area contributed by atoms with Gasteiger partial charge in [0.05, 0.1) is 11.5 Å². The smallest absolute Gasteiger partial charge is 0.372 e. The predicted octanol–water partition coefficient (Wildman–Crippen LogP) is 0.830. The Labute approximate surface area is 110 Å². The Morgan fingerprint density at radius 3 is 3.05 bits per heavy atom. The molecule has 1 aliphatic heterocycles. The fourth-order valence-corrected chi connectivity index (χ4v) is 2.29. The van der Waals surface area contributed by atoms with Crippen LogP contribution in [0.2, 0.25) is 0 Å². The molecular weight excluding hydrogens is 250 g/mol. The zero-order valence-electron chi connectivity index (χ0n) is 10.8. The van der Waals surface area contributed by atoms with Gasteiger partial charge in [0.15, 0.2) is 0 Å². The summed E-state index contributed by atoms with van der Waals surface area (Å²) < 4.78 is 5.39. The van der Waals surface area contributed by atoms with Crippen molar-refractivity contribution < 1.29 is 9.66 Å². The quantitative estimate of drug-likeness (QED) is 0.621. The third-order valence-corrected chi connectivity index (χ3v) is 3.36. The van der Waals surface area contributed by atoms with Crippen molar-refractivity contribution >= 4 is 11.5 Å². The van der Waals surface area contributed by atoms with Gasteiger partial charge >= 0.3 is 5.69 Å². The fourth-order valence-electron chi connectivity index (χ4n) is 2.29. The van der Waals surface area contributed by atoms with Gasteiger partial charge in [0, 0.05) is 6.04 Å². The highest BCUT2D eigenvalue weighted by atomic mass is 16.6. The summed E-state index contributed by atoms with van der Waals surface area (Å²) in [5, 5.41) is 10.9. The lowest BCUT2D eigenvalue weighted by Gasteiger charge is -2.18. The van der Waals surface area contributed by atoms with Gasteiger partial charge in [-0.25, -0.2) is 4.98 Å². The van der Waals surface area contributed by atoms with Crippen molar-refractivity contribution in [3.63, 3.8) is 0 Å². The second-order valence-electron chi connectivity index (χ2n) is 4.58. The van der Waals surface area contributed by atoms with Gasteiger partial charge in [-0.1, -0.05) is 0 Å². The van der Waals surface area contributed by atoms with Crippen molar-refractivity contribution in [1.82, 2.24) is 14.9 Å². The lowest BCUT2D eigenvalue weighted by Crippen LogP contribution is -2.26. The number of hydrogen-bond donors (Lipinski definition) is 1. The van der Waals surface area contributed by atoms with Gasteiger partial charge < -0.3 is 15.4 Å². The highest BCUT2D eigenvalue weighted by Gasteiger charge is 2.24. The molecule has 1 aromatic heterocycles. The SMILES string of the molecule is CN1CCCC1CCOc1ncnc(N)c1[N+](=O)[O-]. The molecule has 0 spiro atoms. The molecule has 1 aliphatic rings. The minimum absolute atomic E-state index is 0.0573. The third-order valence-electron chi connectivity index (χ3n) is 3.36. The first-order valence-electron chi connectivity index (χ1n) is 6.17. The van der Waals surface area contributed by atoms with E-state index in [1.807, 2.05) is 0 Å². The van der Waals surface area contributed by atoms with Crippen LogP contribution in [0.1, 0.15) is 19.3 Å². The van der Waals surface area contributed by atoms with E-state index in [4.69, 9.17) is 10.5 Å². The maximum atomic E-state index is 10.9. The van der Waals surface area contributed by atoms with E-state index in [2.05, 4.69) is 21.9 Å². The maximum absolute atomic E-state index is 10.9. The Morgan fingerprint density at radius 1 is 1.63 bits per heavy atom. The average Bonchev–Trinajstić information content (AvgIpc) is 2.75. The van der Waals surface area contributed by atoms with Crippen LogP contribution in [-0.4, -0.2) is 46.0 Å². The molecule has 2 heterocycles. The molecule has 0 aliphatic carbocycles. The number of rotatable bonds is 5. The highest BCUT2D eigenvalue weighted by Crippen LogP contribution is 2.28. The molecule has 1 aromatic rings. The minimum Gasteiger partial charge on any atom is -0.473 e. The van der Waals surface area contributed by atoms with Crippen LogP contribution in [0.4, 0.5) is 11.5 Å². The molecule has 1 unspecified atom stereocenters. The van der Waals surface area contributed by atoms with Gasteiger partial charge in [-0.2, -0.15) is 4.98 Å². The van der Waals surface area contributed by atoms with E-state index in [-0.39, 0.29) is 17.4 Å². The van der Waals surface area contributed by atoms with E-state index in [1.165, 1.54) is 12.7 Å². The number of likely N-dealkylation sites (tertiary alicyclic amines) is 1. The molecule has 104 valence electrons. The van der Waals surface area contributed by atoms with Gasteiger partial charge in [-0.15, -0.1) is 0 Å². The average molecular weight is 267 g/mol. The normalized spacial score (nSPS) is 19.5. The maximum Gasteiger partial charge on any atom is 0.372 e. The first-order chi connectivity index (χ1) is 9.09. The standard InChI is InChI=1S/C11H17N5O3/c1-15-5-2-3-8(15)4-6-19-11-9(16(17)18)10(12)13-7-14-11/h7-8H,2-6H2,1H3,(H2,12,13,14). The molecule has 0 saturated carbocycles. The summed E-state index contributed by atoms with van der Waals surface area (Å²) in [4.78, 5) is 19.9. The molecule has 8 nitrogen and oxygen atoms in total. The van der Waals surface area contributed by atoms with Crippen molar-refractivity contribution in [3.05, 3.63) is 16.4 Å². The van der Waals surface area contributed by atoms with Crippen LogP contribution >= 0.6 is 0 Å². The Morgan fingerprint density at radius 2 is 2.42 bits per heavy atom. The van der Waals surface area contributed by atoms with Crippen LogP contribution in [0.25, 0.3) is 0 Å². The van der Waals surface area contributed by atoms with Crippen molar-refractivity contribution in [2.75, 3.05) is 25.9 Å². The van der Waals surface area contributed by atoms with Gasteiger partial charge in [-0.05, 0) is 32.9 Å². The Hall–Kier alpha value is -1.96. The molecule has 0 radical (unpaired) electrons. The number of nitro groups is 1. The zero-order valence-corrected chi connectivity index (χ0v) is 10.8. The number of nitrogens with two attached hydrogens (primary N) is 1. The van der Waals surface area contributed by atoms with Gasteiger partial charge in [-0.3, -0.25) is 10.1 Å². The predicted molar refractivity (Wildman–Crippen MR) is 68.9 cm³/mol. The Balaban J connectivity index is 1.96. The number of aromatic nitrogens is 2. The lowest BCUT2D eigenvalue weighted by molar-refractivity contribution is -0.385. The summed E-state index contributed by atoms with van der Waals surface area (Å²) >= 11 is 0. The third kappa shape index (κ3) is 3.08. The molecular formula is C11H17N5O3. The molecule has 2 N–H and O–H groups in total. The molecule has 1 atom stereocenters. The summed E-state index contributed by atoms with van der Waals surface area (Å²) in [5.74, 6) is -0.230. The van der Waals surface area contributed by atoms with Crippen molar-refractivity contribution in [1.29, 1.82) is 0 Å². The fraction of sp³-hybridized carbons (Fsp3) is 0.636. The summed E-state index contributed by atoms with van der Waals surface area (Å²) in [7, 11) is 2.07. The van der Waals surface area contributed by atoms with Crippen molar-refractivity contribution in [3.8, 4) is 5.88 Å². The first-order valence-corrected chi connectivity index (χ1v) is 6.17. The Kier molecular flexibility index (Phi) is 4.10. The van der Waals surface area contributed by atoms with Crippen LogP contribution in [-0.2, 0) is 0 Å². The van der Waals surface area contributed by atoms with E-state index in [1.54, 1.807) is 0 Å². The van der Waals surface area contributed by atoms with Crippen LogP contribution < -0.4 is 10.5 Å². The molecule has 19 heavy (non-hydrogen) atoms. The van der Waals surface area contributed by atoms with Crippen molar-refractivity contribution in [2.24, 2.45) is 0 Å². The molecule has 0 amide bonds. The molecule has 0 aromatic carbocycles. The molecule has 1 fully saturated rings. The molecule has 2 rings (SSSR count). The minimum atomic E-state index is -0.619. The number of nitrogen functional groups attached to an aromatic ring is 1. The molecule has 0 bridgehead atoms. The Bertz CT molecular complexity index is 468. The number of hydrogen-bond acceptors (Lipinski definition) is 7. The largest absolute Gasteiger partial charge is 0.473 e. The van der Waals surface area contributed by atoms with E-state index >= 15 is 0 Å².